The van der Waals surface area contributed by atoms with E-state index >= 15 is 0 Å². The van der Waals surface area contributed by atoms with E-state index in [1.54, 1.807) is 0 Å². The first-order valence-corrected chi connectivity index (χ1v) is 7.37. The van der Waals surface area contributed by atoms with E-state index < -0.39 is 11.3 Å². The molecule has 2 fully saturated rings. The topological polar surface area (TPSA) is 43.4 Å². The van der Waals surface area contributed by atoms with Gasteiger partial charge in [0.25, 0.3) is 0 Å². The smallest absolute Gasteiger partial charge is 0.151 e. The average Bonchev–Trinajstić information content (AvgIpc) is 2.33. The Morgan fingerprint density at radius 2 is 1.95 bits per heavy atom. The highest BCUT2D eigenvalue weighted by atomic mass is 16.5. The predicted molar refractivity (Wildman–Crippen MR) is 73.8 cm³/mol. The maximum Gasteiger partial charge on any atom is 0.151 e. The van der Waals surface area contributed by atoms with Crippen LogP contribution in [0.4, 0.5) is 0 Å². The van der Waals surface area contributed by atoms with Gasteiger partial charge >= 0.3 is 0 Å². The minimum Gasteiger partial charge on any atom is -0.373 e. The third-order valence-electron chi connectivity index (χ3n) is 5.17. The van der Waals surface area contributed by atoms with Gasteiger partial charge in [-0.25, -0.2) is 0 Å². The van der Waals surface area contributed by atoms with Gasteiger partial charge in [-0.15, -0.1) is 0 Å². The Bertz CT molecular complexity index is 385. The van der Waals surface area contributed by atoms with Crippen LogP contribution in [0.15, 0.2) is 0 Å². The summed E-state index contributed by atoms with van der Waals surface area (Å²) in [7, 11) is 0. The first kappa shape index (κ1) is 14.7. The molecule has 1 saturated heterocycles. The zero-order valence-electron chi connectivity index (χ0n) is 12.7. The number of ketones is 1. The van der Waals surface area contributed by atoms with E-state index in [1.807, 2.05) is 13.8 Å². The van der Waals surface area contributed by atoms with Crippen molar-refractivity contribution in [1.82, 2.24) is 0 Å². The van der Waals surface area contributed by atoms with E-state index in [9.17, 15) is 9.59 Å². The summed E-state index contributed by atoms with van der Waals surface area (Å²) in [6.45, 7) is 10.4. The SMILES string of the molecule is CC(C)[C@@H]1CC[C@@]2(C)CC(C=O)C(=O)C(C)(C)[C@@H]2O1. The molecule has 1 heterocycles. The maximum absolute atomic E-state index is 12.4. The number of hydrogen-bond acceptors (Lipinski definition) is 3. The lowest BCUT2D eigenvalue weighted by atomic mass is 9.55. The van der Waals surface area contributed by atoms with Gasteiger partial charge in [0.05, 0.1) is 23.5 Å². The van der Waals surface area contributed by atoms with Crippen LogP contribution in [0.1, 0.15) is 53.9 Å². The van der Waals surface area contributed by atoms with Gasteiger partial charge < -0.3 is 9.53 Å². The van der Waals surface area contributed by atoms with E-state index in [1.165, 1.54) is 0 Å². The molecule has 1 aliphatic carbocycles. The molecule has 1 aliphatic heterocycles. The number of rotatable bonds is 2. The molecule has 0 amide bonds. The molecule has 2 rings (SSSR count). The summed E-state index contributed by atoms with van der Waals surface area (Å²) < 4.78 is 6.30. The van der Waals surface area contributed by atoms with Gasteiger partial charge in [-0.1, -0.05) is 34.6 Å². The Morgan fingerprint density at radius 3 is 2.47 bits per heavy atom. The second-order valence-electron chi connectivity index (χ2n) is 7.52. The van der Waals surface area contributed by atoms with E-state index in [4.69, 9.17) is 4.74 Å². The number of Topliss-reactive ketones (excluding diaryl/α,β-unsaturated/α-hetero) is 1. The van der Waals surface area contributed by atoms with Gasteiger partial charge in [-0.2, -0.15) is 0 Å². The largest absolute Gasteiger partial charge is 0.373 e. The molecule has 2 aliphatic rings. The molecule has 19 heavy (non-hydrogen) atoms. The van der Waals surface area contributed by atoms with E-state index in [-0.39, 0.29) is 23.4 Å². The first-order valence-electron chi connectivity index (χ1n) is 7.37. The Labute approximate surface area is 116 Å². The molecule has 0 bridgehead atoms. The highest BCUT2D eigenvalue weighted by molar-refractivity contribution is 5.98. The normalized spacial score (nSPS) is 42.0. The monoisotopic (exact) mass is 266 g/mol. The second kappa shape index (κ2) is 4.69. The van der Waals surface area contributed by atoms with Crippen LogP contribution >= 0.6 is 0 Å². The molecule has 108 valence electrons. The van der Waals surface area contributed by atoms with Crippen LogP contribution in [0.3, 0.4) is 0 Å². The third-order valence-corrected chi connectivity index (χ3v) is 5.17. The van der Waals surface area contributed by atoms with Gasteiger partial charge in [-0.3, -0.25) is 4.79 Å². The Morgan fingerprint density at radius 1 is 1.32 bits per heavy atom. The van der Waals surface area contributed by atoms with Gasteiger partial charge in [0.15, 0.2) is 5.78 Å². The third kappa shape index (κ3) is 2.26. The summed E-state index contributed by atoms with van der Waals surface area (Å²) >= 11 is 0. The average molecular weight is 266 g/mol. The summed E-state index contributed by atoms with van der Waals surface area (Å²) in [4.78, 5) is 23.6. The van der Waals surface area contributed by atoms with Crippen molar-refractivity contribution in [3.8, 4) is 0 Å². The molecule has 1 saturated carbocycles. The minimum absolute atomic E-state index is 0.0472. The summed E-state index contributed by atoms with van der Waals surface area (Å²) in [6, 6.07) is 0. The predicted octanol–water partition coefficient (Wildman–Crippen LogP) is 3.01. The highest BCUT2D eigenvalue weighted by Gasteiger charge is 2.57. The van der Waals surface area contributed by atoms with E-state index in [2.05, 4.69) is 20.8 Å². The standard InChI is InChI=1S/C16H26O3/c1-10(2)12-6-7-16(5)8-11(9-17)13(18)15(3,4)14(16)19-12/h9-12,14H,6-8H2,1-5H3/t11?,12-,14-,16-/m0/s1. The molecule has 3 nitrogen and oxygen atoms in total. The molecule has 4 atom stereocenters. The van der Waals surface area contributed by atoms with Crippen LogP contribution < -0.4 is 0 Å². The molecular weight excluding hydrogens is 240 g/mol. The van der Waals surface area contributed by atoms with E-state index in [0.29, 0.717) is 12.3 Å². The maximum atomic E-state index is 12.4. The van der Waals surface area contributed by atoms with Crippen molar-refractivity contribution in [3.05, 3.63) is 0 Å². The lowest BCUT2D eigenvalue weighted by molar-refractivity contribution is -0.206. The summed E-state index contributed by atoms with van der Waals surface area (Å²) in [5.74, 6) is 0.0732. The fourth-order valence-electron chi connectivity index (χ4n) is 4.06. The Kier molecular flexibility index (Phi) is 3.63. The van der Waals surface area contributed by atoms with Crippen molar-refractivity contribution in [2.75, 3.05) is 0 Å². The zero-order valence-corrected chi connectivity index (χ0v) is 12.7. The van der Waals surface area contributed by atoms with Crippen molar-refractivity contribution >= 4 is 12.1 Å². The van der Waals surface area contributed by atoms with Crippen molar-refractivity contribution in [2.24, 2.45) is 22.7 Å². The Balaban J connectivity index is 2.32. The molecule has 0 radical (unpaired) electrons. The molecule has 3 heteroatoms. The number of ether oxygens (including phenoxy) is 1. The van der Waals surface area contributed by atoms with Crippen molar-refractivity contribution in [1.29, 1.82) is 0 Å². The molecule has 1 unspecified atom stereocenters. The number of hydrogen-bond donors (Lipinski definition) is 0. The van der Waals surface area contributed by atoms with Gasteiger partial charge in [0, 0.05) is 0 Å². The van der Waals surface area contributed by atoms with Crippen LogP contribution in [0.25, 0.3) is 0 Å². The first-order chi connectivity index (χ1) is 8.72. The molecule has 0 aromatic carbocycles. The number of carbonyl (C=O) groups excluding carboxylic acids is 2. The molecule has 0 aromatic rings. The summed E-state index contributed by atoms with van der Waals surface area (Å²) in [5.41, 5.74) is -0.611. The molecular formula is C16H26O3. The molecule has 0 aromatic heterocycles. The van der Waals surface area contributed by atoms with Crippen molar-refractivity contribution in [3.63, 3.8) is 0 Å². The number of fused-ring (bicyclic) bond motifs is 1. The van der Waals surface area contributed by atoms with Crippen LogP contribution in [0.2, 0.25) is 0 Å². The van der Waals surface area contributed by atoms with Crippen LogP contribution in [0, 0.1) is 22.7 Å². The quantitative estimate of drug-likeness (QED) is 0.570. The van der Waals surface area contributed by atoms with Gasteiger partial charge in [-0.05, 0) is 30.6 Å². The Hall–Kier alpha value is -0.700. The van der Waals surface area contributed by atoms with Gasteiger partial charge in [0.2, 0.25) is 0 Å². The van der Waals surface area contributed by atoms with Crippen LogP contribution in [0.5, 0.6) is 0 Å². The van der Waals surface area contributed by atoms with Crippen molar-refractivity contribution < 1.29 is 14.3 Å². The fourth-order valence-corrected chi connectivity index (χ4v) is 4.06. The lowest BCUT2D eigenvalue weighted by Gasteiger charge is -2.55. The van der Waals surface area contributed by atoms with E-state index in [0.717, 1.165) is 19.1 Å². The van der Waals surface area contributed by atoms with Gasteiger partial charge in [0.1, 0.15) is 6.29 Å². The summed E-state index contributed by atoms with van der Waals surface area (Å²) in [5, 5.41) is 0. The minimum atomic E-state index is -0.563. The lowest BCUT2D eigenvalue weighted by Crippen LogP contribution is -2.60. The zero-order chi connectivity index (χ0) is 14.4. The summed E-state index contributed by atoms with van der Waals surface area (Å²) in [6.07, 6.45) is 3.72. The number of aldehydes is 1. The number of carbonyl (C=O) groups is 2. The molecule has 0 spiro atoms. The highest BCUT2D eigenvalue weighted by Crippen LogP contribution is 2.53. The van der Waals surface area contributed by atoms with Crippen molar-refractivity contribution in [2.45, 2.75) is 66.1 Å². The van der Waals surface area contributed by atoms with Crippen LogP contribution in [-0.2, 0) is 14.3 Å². The second-order valence-corrected chi connectivity index (χ2v) is 7.52. The molecule has 0 N–H and O–H groups in total. The van der Waals surface area contributed by atoms with Crippen LogP contribution in [-0.4, -0.2) is 24.3 Å². The fraction of sp³-hybridized carbons (Fsp3) is 0.875.